The van der Waals surface area contributed by atoms with Gasteiger partial charge < -0.3 is 10.2 Å². The standard InChI is InChI=1S/C33H34N6/c1-3-10-32-34-22-28-29(19-20-38(2)33(28)36-32)35-27-17-15-24(16-18-27)23-39-31(26-13-8-5-9-14-26)21-30(37-39)25-11-6-4-7-12-25/h4-9,11-18,21-22,29,35H,3,10,19-20,23H2,1-2H3. The van der Waals surface area contributed by atoms with Crippen LogP contribution < -0.4 is 10.2 Å². The molecule has 196 valence electrons. The van der Waals surface area contributed by atoms with Gasteiger partial charge in [0, 0.05) is 43.0 Å². The minimum atomic E-state index is 0.196. The van der Waals surface area contributed by atoms with Gasteiger partial charge in [0.1, 0.15) is 11.6 Å². The van der Waals surface area contributed by atoms with Gasteiger partial charge in [-0.15, -0.1) is 0 Å². The van der Waals surface area contributed by atoms with Gasteiger partial charge >= 0.3 is 0 Å². The van der Waals surface area contributed by atoms with Crippen LogP contribution in [0, 0.1) is 0 Å². The second kappa shape index (κ2) is 11.1. The molecule has 3 heterocycles. The van der Waals surface area contributed by atoms with Crippen molar-refractivity contribution in [2.45, 2.75) is 38.8 Å². The van der Waals surface area contributed by atoms with Crippen molar-refractivity contribution in [1.29, 1.82) is 0 Å². The summed E-state index contributed by atoms with van der Waals surface area (Å²) < 4.78 is 2.11. The summed E-state index contributed by atoms with van der Waals surface area (Å²) in [6, 6.07) is 32.0. The molecule has 6 rings (SSSR count). The van der Waals surface area contributed by atoms with E-state index in [1.54, 1.807) is 0 Å². The molecule has 1 aliphatic heterocycles. The van der Waals surface area contributed by atoms with Crippen molar-refractivity contribution in [3.8, 4) is 22.5 Å². The highest BCUT2D eigenvalue weighted by Gasteiger charge is 2.25. The van der Waals surface area contributed by atoms with Gasteiger partial charge in [0.05, 0.1) is 24.0 Å². The topological polar surface area (TPSA) is 58.9 Å². The van der Waals surface area contributed by atoms with Crippen molar-refractivity contribution < 1.29 is 0 Å². The van der Waals surface area contributed by atoms with Gasteiger partial charge in [-0.25, -0.2) is 9.97 Å². The fraction of sp³-hybridized carbons (Fsp3) is 0.242. The number of rotatable bonds is 8. The summed E-state index contributed by atoms with van der Waals surface area (Å²) in [4.78, 5) is 11.7. The van der Waals surface area contributed by atoms with Crippen LogP contribution in [0.25, 0.3) is 22.5 Å². The highest BCUT2D eigenvalue weighted by Crippen LogP contribution is 2.34. The van der Waals surface area contributed by atoms with Crippen molar-refractivity contribution in [3.63, 3.8) is 0 Å². The first kappa shape index (κ1) is 24.9. The minimum Gasteiger partial charge on any atom is -0.378 e. The lowest BCUT2D eigenvalue weighted by Gasteiger charge is -2.33. The lowest BCUT2D eigenvalue weighted by molar-refractivity contribution is 0.629. The number of nitrogens with one attached hydrogen (secondary N) is 1. The highest BCUT2D eigenvalue weighted by molar-refractivity contribution is 5.69. The predicted molar refractivity (Wildman–Crippen MR) is 159 cm³/mol. The van der Waals surface area contributed by atoms with Gasteiger partial charge in [0.2, 0.25) is 0 Å². The van der Waals surface area contributed by atoms with E-state index in [9.17, 15) is 0 Å². The normalized spacial score (nSPS) is 14.7. The zero-order chi connectivity index (χ0) is 26.6. The number of anilines is 2. The Kier molecular flexibility index (Phi) is 7.09. The first-order chi connectivity index (χ1) is 19.2. The first-order valence-electron chi connectivity index (χ1n) is 13.8. The summed E-state index contributed by atoms with van der Waals surface area (Å²) in [7, 11) is 2.12. The molecule has 1 aliphatic rings. The van der Waals surface area contributed by atoms with E-state index in [1.807, 2.05) is 18.3 Å². The molecule has 2 aromatic heterocycles. The molecule has 6 nitrogen and oxygen atoms in total. The summed E-state index contributed by atoms with van der Waals surface area (Å²) in [5.41, 5.74) is 7.86. The lowest BCUT2D eigenvalue weighted by Crippen LogP contribution is -2.31. The summed E-state index contributed by atoms with van der Waals surface area (Å²) in [5.74, 6) is 1.98. The van der Waals surface area contributed by atoms with Crippen LogP contribution >= 0.6 is 0 Å². The number of benzene rings is 3. The van der Waals surface area contributed by atoms with Crippen LogP contribution in [0.3, 0.4) is 0 Å². The van der Waals surface area contributed by atoms with E-state index in [-0.39, 0.29) is 6.04 Å². The third kappa shape index (κ3) is 5.41. The molecule has 0 spiro atoms. The first-order valence-corrected chi connectivity index (χ1v) is 13.8. The summed E-state index contributed by atoms with van der Waals surface area (Å²) in [6.07, 6.45) is 4.99. The molecule has 0 fully saturated rings. The number of fused-ring (bicyclic) bond motifs is 1. The van der Waals surface area contributed by atoms with Crippen LogP contribution in [0.4, 0.5) is 11.5 Å². The Bertz CT molecular complexity index is 1530. The van der Waals surface area contributed by atoms with Crippen LogP contribution in [0.2, 0.25) is 0 Å². The molecule has 0 aliphatic carbocycles. The number of aromatic nitrogens is 4. The SMILES string of the molecule is CCCc1ncc2c(n1)N(C)CCC2Nc1ccc(Cn2nc(-c3ccccc3)cc2-c2ccccc2)cc1. The lowest BCUT2D eigenvalue weighted by atomic mass is 10.0. The maximum atomic E-state index is 5.00. The Labute approximate surface area is 230 Å². The third-order valence-corrected chi connectivity index (χ3v) is 7.36. The van der Waals surface area contributed by atoms with Crippen LogP contribution in [0.1, 0.15) is 42.8 Å². The second-order valence-electron chi connectivity index (χ2n) is 10.2. The van der Waals surface area contributed by atoms with E-state index in [0.29, 0.717) is 6.54 Å². The quantitative estimate of drug-likeness (QED) is 0.242. The zero-order valence-electron chi connectivity index (χ0n) is 22.6. The minimum absolute atomic E-state index is 0.196. The van der Waals surface area contributed by atoms with E-state index in [2.05, 4.69) is 113 Å². The third-order valence-electron chi connectivity index (χ3n) is 7.36. The van der Waals surface area contributed by atoms with Gasteiger partial charge in [0.25, 0.3) is 0 Å². The van der Waals surface area contributed by atoms with Crippen molar-refractivity contribution in [2.75, 3.05) is 23.8 Å². The molecule has 1 atom stereocenters. The molecule has 39 heavy (non-hydrogen) atoms. The van der Waals surface area contributed by atoms with Gasteiger partial charge in [-0.3, -0.25) is 4.68 Å². The van der Waals surface area contributed by atoms with Crippen molar-refractivity contribution >= 4 is 11.5 Å². The fourth-order valence-electron chi connectivity index (χ4n) is 5.26. The smallest absolute Gasteiger partial charge is 0.137 e. The fourth-order valence-corrected chi connectivity index (χ4v) is 5.26. The Morgan fingerprint density at radius 2 is 1.62 bits per heavy atom. The molecular formula is C33H34N6. The molecule has 5 aromatic rings. The molecular weight excluding hydrogens is 480 g/mol. The summed E-state index contributed by atoms with van der Waals surface area (Å²) in [6.45, 7) is 3.83. The van der Waals surface area contributed by atoms with E-state index < -0.39 is 0 Å². The van der Waals surface area contributed by atoms with Gasteiger partial charge in [-0.05, 0) is 42.2 Å². The maximum Gasteiger partial charge on any atom is 0.137 e. The Morgan fingerprint density at radius 1 is 0.897 bits per heavy atom. The van der Waals surface area contributed by atoms with Crippen molar-refractivity contribution in [3.05, 3.63) is 114 Å². The predicted octanol–water partition coefficient (Wildman–Crippen LogP) is 7.00. The summed E-state index contributed by atoms with van der Waals surface area (Å²) in [5, 5.41) is 8.74. The van der Waals surface area contributed by atoms with Crippen LogP contribution in [0.5, 0.6) is 0 Å². The van der Waals surface area contributed by atoms with Gasteiger partial charge in [-0.2, -0.15) is 5.10 Å². The monoisotopic (exact) mass is 514 g/mol. The molecule has 0 radical (unpaired) electrons. The van der Waals surface area contributed by atoms with Crippen LogP contribution in [0.15, 0.2) is 97.2 Å². The highest BCUT2D eigenvalue weighted by atomic mass is 15.3. The molecule has 0 saturated heterocycles. The molecule has 1 unspecified atom stereocenters. The number of aryl methyl sites for hydroxylation is 1. The molecule has 3 aromatic carbocycles. The van der Waals surface area contributed by atoms with Gasteiger partial charge in [0.15, 0.2) is 0 Å². The van der Waals surface area contributed by atoms with Crippen LogP contribution in [-0.4, -0.2) is 33.3 Å². The molecule has 6 heteroatoms. The largest absolute Gasteiger partial charge is 0.378 e. The average Bonchev–Trinajstić information content (AvgIpc) is 3.40. The maximum absolute atomic E-state index is 5.00. The Hall–Kier alpha value is -4.45. The molecule has 0 bridgehead atoms. The molecule has 1 N–H and O–H groups in total. The van der Waals surface area contributed by atoms with Crippen LogP contribution in [-0.2, 0) is 13.0 Å². The van der Waals surface area contributed by atoms with Crippen molar-refractivity contribution in [1.82, 2.24) is 19.7 Å². The second-order valence-corrected chi connectivity index (χ2v) is 10.2. The number of hydrogen-bond donors (Lipinski definition) is 1. The summed E-state index contributed by atoms with van der Waals surface area (Å²) >= 11 is 0. The van der Waals surface area contributed by atoms with E-state index in [0.717, 1.165) is 65.7 Å². The number of hydrogen-bond acceptors (Lipinski definition) is 5. The Morgan fingerprint density at radius 3 is 2.33 bits per heavy atom. The Balaban J connectivity index is 1.22. The van der Waals surface area contributed by atoms with Crippen molar-refractivity contribution in [2.24, 2.45) is 0 Å². The van der Waals surface area contributed by atoms with E-state index >= 15 is 0 Å². The molecule has 0 saturated carbocycles. The van der Waals surface area contributed by atoms with Gasteiger partial charge in [-0.1, -0.05) is 79.7 Å². The van der Waals surface area contributed by atoms with E-state index in [4.69, 9.17) is 10.1 Å². The number of nitrogens with zero attached hydrogens (tertiary/aromatic N) is 5. The average molecular weight is 515 g/mol. The zero-order valence-corrected chi connectivity index (χ0v) is 22.6. The van der Waals surface area contributed by atoms with E-state index in [1.165, 1.54) is 11.1 Å². The molecule has 0 amide bonds.